The molecule has 0 radical (unpaired) electrons. The Kier molecular flexibility index (Phi) is 8.52. The lowest BCUT2D eigenvalue weighted by Gasteiger charge is -2.47. The van der Waals surface area contributed by atoms with Gasteiger partial charge in [-0.2, -0.15) is 0 Å². The van der Waals surface area contributed by atoms with Gasteiger partial charge in [0.1, 0.15) is 0 Å². The van der Waals surface area contributed by atoms with Gasteiger partial charge in [-0.25, -0.2) is 0 Å². The first-order chi connectivity index (χ1) is 17.1. The van der Waals surface area contributed by atoms with Crippen molar-refractivity contribution >= 4 is 5.91 Å². The molecule has 6 heteroatoms. The minimum Gasteiger partial charge on any atom is -1.00 e. The van der Waals surface area contributed by atoms with E-state index in [1.54, 1.807) is 7.11 Å². The summed E-state index contributed by atoms with van der Waals surface area (Å²) < 4.78 is 11.7. The third-order valence-electron chi connectivity index (χ3n) is 9.08. The number of ether oxygens (including phenoxy) is 2. The quantitative estimate of drug-likeness (QED) is 0.645. The fourth-order valence-corrected chi connectivity index (χ4v) is 7.09. The smallest absolute Gasteiger partial charge is 0.228 e. The molecule has 3 aliphatic rings. The Labute approximate surface area is 222 Å². The van der Waals surface area contributed by atoms with Crippen LogP contribution in [-0.4, -0.2) is 50.2 Å². The Morgan fingerprint density at radius 2 is 1.94 bits per heavy atom. The first-order valence-electron chi connectivity index (χ1n) is 13.5. The predicted molar refractivity (Wildman–Crippen MR) is 139 cm³/mol. The van der Waals surface area contributed by atoms with Crippen LogP contribution in [0.4, 0.5) is 0 Å². The van der Waals surface area contributed by atoms with Crippen molar-refractivity contribution in [1.82, 2.24) is 10.2 Å². The van der Waals surface area contributed by atoms with E-state index in [9.17, 15) is 4.79 Å². The van der Waals surface area contributed by atoms with Crippen LogP contribution in [0.3, 0.4) is 0 Å². The summed E-state index contributed by atoms with van der Waals surface area (Å²) in [4.78, 5) is 16.7. The molecule has 3 aliphatic heterocycles. The zero-order chi connectivity index (χ0) is 24.4. The minimum atomic E-state index is -0.242. The van der Waals surface area contributed by atoms with Crippen molar-refractivity contribution in [1.29, 1.82) is 0 Å². The molecule has 0 aromatic heterocycles. The molecule has 36 heavy (non-hydrogen) atoms. The summed E-state index contributed by atoms with van der Waals surface area (Å²) in [5.74, 6) is 2.88. The Balaban J connectivity index is 0.00000304. The SMILES string of the molecule is CCC(CC)[C@@H]1C[C@H](c2ccccc2)CCN1C(=O)[C@@H]1CNC[C@]12CCOc1c(OC)cccc12.[Cl-]. The van der Waals surface area contributed by atoms with Crippen molar-refractivity contribution in [2.45, 2.75) is 63.3 Å². The molecular weight excluding hydrogens is 472 g/mol. The maximum atomic E-state index is 14.4. The van der Waals surface area contributed by atoms with E-state index >= 15 is 0 Å². The number of benzene rings is 2. The molecule has 2 saturated heterocycles. The molecule has 1 amide bonds. The lowest BCUT2D eigenvalue weighted by Crippen LogP contribution is -3.00. The van der Waals surface area contributed by atoms with Gasteiger partial charge in [0.15, 0.2) is 11.5 Å². The summed E-state index contributed by atoms with van der Waals surface area (Å²) >= 11 is 0. The Hall–Kier alpha value is -2.24. The molecule has 3 heterocycles. The minimum absolute atomic E-state index is 0. The van der Waals surface area contributed by atoms with Crippen molar-refractivity contribution in [3.63, 3.8) is 0 Å². The molecule has 2 aromatic carbocycles. The average molecular weight is 512 g/mol. The molecule has 0 unspecified atom stereocenters. The van der Waals surface area contributed by atoms with Gasteiger partial charge in [0, 0.05) is 36.7 Å². The number of para-hydroxylation sites is 1. The second kappa shape index (κ2) is 11.4. The summed E-state index contributed by atoms with van der Waals surface area (Å²) in [6.45, 7) is 7.55. The van der Waals surface area contributed by atoms with Crippen molar-refractivity contribution in [2.24, 2.45) is 11.8 Å². The number of nitrogens with one attached hydrogen (secondary N) is 1. The van der Waals surface area contributed by atoms with Crippen LogP contribution in [0, 0.1) is 11.8 Å². The summed E-state index contributed by atoms with van der Waals surface area (Å²) in [5.41, 5.74) is 2.30. The summed E-state index contributed by atoms with van der Waals surface area (Å²) in [6.07, 6.45) is 5.16. The fourth-order valence-electron chi connectivity index (χ4n) is 7.09. The number of halogens is 1. The van der Waals surface area contributed by atoms with Crippen molar-refractivity contribution < 1.29 is 26.7 Å². The maximum Gasteiger partial charge on any atom is 0.228 e. The largest absolute Gasteiger partial charge is 1.00 e. The molecular formula is C30H40ClN2O3-. The van der Waals surface area contributed by atoms with Crippen LogP contribution in [0.2, 0.25) is 0 Å². The van der Waals surface area contributed by atoms with Gasteiger partial charge in [-0.1, -0.05) is 69.2 Å². The van der Waals surface area contributed by atoms with Gasteiger partial charge < -0.3 is 32.1 Å². The van der Waals surface area contributed by atoms with Crippen LogP contribution in [0.1, 0.15) is 63.0 Å². The van der Waals surface area contributed by atoms with Gasteiger partial charge in [-0.05, 0) is 42.7 Å². The van der Waals surface area contributed by atoms with Gasteiger partial charge in [0.25, 0.3) is 0 Å². The number of carbonyl (C=O) groups excluding carboxylic acids is 1. The van der Waals surface area contributed by atoms with Crippen LogP contribution in [0.5, 0.6) is 11.5 Å². The lowest BCUT2D eigenvalue weighted by molar-refractivity contribution is -0.142. The Morgan fingerprint density at radius 3 is 2.67 bits per heavy atom. The topological polar surface area (TPSA) is 50.8 Å². The van der Waals surface area contributed by atoms with E-state index in [0.717, 1.165) is 68.8 Å². The fraction of sp³-hybridized carbons (Fsp3) is 0.567. The standard InChI is InChI=1S/C30H40N2O3.ClH/c1-4-21(5-2)26-18-23(22-10-7-6-8-11-22)14-16-32(26)29(33)25-19-31-20-30(25)15-17-35-28-24(30)12-9-13-27(28)34-3;/h6-13,21,23,25-26,31H,4-5,14-20H2,1-3H3;1H/p-1/t23-,25+,26+,30+;/m1./s1. The highest BCUT2D eigenvalue weighted by molar-refractivity contribution is 5.82. The van der Waals surface area contributed by atoms with Gasteiger partial charge in [-0.3, -0.25) is 4.79 Å². The Morgan fingerprint density at radius 1 is 1.17 bits per heavy atom. The molecule has 5 nitrogen and oxygen atoms in total. The third-order valence-corrected chi connectivity index (χ3v) is 9.08. The zero-order valence-electron chi connectivity index (χ0n) is 21.8. The predicted octanol–water partition coefficient (Wildman–Crippen LogP) is 2.15. The molecule has 4 atom stereocenters. The van der Waals surface area contributed by atoms with E-state index in [0.29, 0.717) is 30.4 Å². The van der Waals surface area contributed by atoms with E-state index < -0.39 is 0 Å². The van der Waals surface area contributed by atoms with E-state index in [1.807, 2.05) is 12.1 Å². The highest BCUT2D eigenvalue weighted by Gasteiger charge is 2.53. The third kappa shape index (κ3) is 4.61. The first-order valence-corrected chi connectivity index (χ1v) is 13.5. The molecule has 1 N–H and O–H groups in total. The number of carbonyl (C=O) groups is 1. The molecule has 2 aromatic rings. The summed E-state index contributed by atoms with van der Waals surface area (Å²) in [6, 6.07) is 17.3. The van der Waals surface area contributed by atoms with Crippen molar-refractivity contribution in [3.8, 4) is 11.5 Å². The average Bonchev–Trinajstić information content (AvgIpc) is 3.33. The van der Waals surface area contributed by atoms with E-state index in [1.165, 1.54) is 5.56 Å². The van der Waals surface area contributed by atoms with Crippen molar-refractivity contribution in [2.75, 3.05) is 33.4 Å². The highest BCUT2D eigenvalue weighted by Crippen LogP contribution is 2.50. The molecule has 0 saturated carbocycles. The monoisotopic (exact) mass is 511 g/mol. The number of likely N-dealkylation sites (tertiary alicyclic amines) is 1. The second-order valence-electron chi connectivity index (χ2n) is 10.6. The zero-order valence-corrected chi connectivity index (χ0v) is 22.6. The van der Waals surface area contributed by atoms with E-state index in [2.05, 4.69) is 60.5 Å². The number of amides is 1. The van der Waals surface area contributed by atoms with Gasteiger partial charge >= 0.3 is 0 Å². The molecule has 196 valence electrons. The molecule has 2 fully saturated rings. The van der Waals surface area contributed by atoms with Crippen molar-refractivity contribution in [3.05, 3.63) is 59.7 Å². The van der Waals surface area contributed by atoms with Crippen LogP contribution < -0.4 is 27.2 Å². The number of nitrogens with zero attached hydrogens (tertiary/aromatic N) is 1. The van der Waals surface area contributed by atoms with Crippen LogP contribution in [0.25, 0.3) is 0 Å². The number of piperidine rings is 1. The number of hydrogen-bond acceptors (Lipinski definition) is 4. The lowest BCUT2D eigenvalue weighted by atomic mass is 9.67. The maximum absolute atomic E-state index is 14.4. The molecule has 1 spiro atoms. The van der Waals surface area contributed by atoms with Crippen LogP contribution in [-0.2, 0) is 10.2 Å². The number of fused-ring (bicyclic) bond motifs is 2. The van der Waals surface area contributed by atoms with E-state index in [4.69, 9.17) is 9.47 Å². The van der Waals surface area contributed by atoms with Gasteiger partial charge in [0.2, 0.25) is 5.91 Å². The number of rotatable bonds is 6. The summed E-state index contributed by atoms with van der Waals surface area (Å²) in [7, 11) is 1.69. The first kappa shape index (κ1) is 26.8. The second-order valence-corrected chi connectivity index (χ2v) is 10.6. The highest BCUT2D eigenvalue weighted by atomic mass is 35.5. The summed E-state index contributed by atoms with van der Waals surface area (Å²) in [5, 5.41) is 3.59. The normalized spacial score (nSPS) is 27.3. The number of methoxy groups -OCH3 is 1. The molecule has 0 aliphatic carbocycles. The van der Waals surface area contributed by atoms with Gasteiger partial charge in [-0.15, -0.1) is 0 Å². The van der Waals surface area contributed by atoms with Crippen LogP contribution >= 0.6 is 0 Å². The Bertz CT molecular complexity index is 1030. The van der Waals surface area contributed by atoms with Gasteiger partial charge in [0.05, 0.1) is 19.6 Å². The number of hydrogen-bond donors (Lipinski definition) is 1. The van der Waals surface area contributed by atoms with Crippen LogP contribution in [0.15, 0.2) is 48.5 Å². The molecule has 5 rings (SSSR count). The molecule has 0 bridgehead atoms. The van der Waals surface area contributed by atoms with E-state index in [-0.39, 0.29) is 23.7 Å².